The zero-order valence-corrected chi connectivity index (χ0v) is 10.4. The third kappa shape index (κ3) is 1.73. The average molecular weight is 247 g/mol. The van der Waals surface area contributed by atoms with Crippen LogP contribution in [-0.4, -0.2) is 17.8 Å². The maximum Gasteiger partial charge on any atom is 0.255 e. The first kappa shape index (κ1) is 10.7. The number of nitrogens with zero attached hydrogens (tertiary/aromatic N) is 1. The van der Waals surface area contributed by atoms with E-state index in [-0.39, 0.29) is 11.0 Å². The molecule has 2 aromatic heterocycles. The molecule has 0 bridgehead atoms. The number of pyridine rings is 1. The minimum Gasteiger partial charge on any atom is -0.379 e. The maximum atomic E-state index is 11.8. The van der Waals surface area contributed by atoms with Crippen molar-refractivity contribution in [2.24, 2.45) is 0 Å². The van der Waals surface area contributed by atoms with Crippen molar-refractivity contribution in [2.45, 2.75) is 12.3 Å². The Kier molecular flexibility index (Phi) is 2.42. The van der Waals surface area contributed by atoms with Crippen molar-refractivity contribution in [3.63, 3.8) is 0 Å². The van der Waals surface area contributed by atoms with Crippen LogP contribution < -0.4 is 5.56 Å². The first-order valence-electron chi connectivity index (χ1n) is 5.53. The Morgan fingerprint density at radius 3 is 2.76 bits per heavy atom. The molecule has 0 saturated carbocycles. The van der Waals surface area contributed by atoms with E-state index in [9.17, 15) is 4.79 Å². The molecular formula is C13H13NO2S. The standard InChI is InChI=1S/C13H13NO2S/c1-13(8-16-9-13)10-2-3-12(15)14(6-10)11-4-5-17-7-11/h2-7H,8-9H2,1H3. The van der Waals surface area contributed by atoms with Crippen LogP contribution in [0, 0.1) is 0 Å². The summed E-state index contributed by atoms with van der Waals surface area (Å²) in [5, 5.41) is 3.95. The fourth-order valence-electron chi connectivity index (χ4n) is 2.02. The van der Waals surface area contributed by atoms with Gasteiger partial charge in [0.2, 0.25) is 0 Å². The lowest BCUT2D eigenvalue weighted by molar-refractivity contribution is -0.0502. The summed E-state index contributed by atoms with van der Waals surface area (Å²) < 4.78 is 6.97. The number of thiophene rings is 1. The van der Waals surface area contributed by atoms with E-state index in [1.54, 1.807) is 22.0 Å². The summed E-state index contributed by atoms with van der Waals surface area (Å²) in [6.07, 6.45) is 1.94. The number of hydrogen-bond acceptors (Lipinski definition) is 3. The molecule has 1 saturated heterocycles. The van der Waals surface area contributed by atoms with Crippen molar-refractivity contribution in [2.75, 3.05) is 13.2 Å². The lowest BCUT2D eigenvalue weighted by Gasteiger charge is -2.38. The van der Waals surface area contributed by atoms with E-state index in [1.165, 1.54) is 0 Å². The van der Waals surface area contributed by atoms with E-state index < -0.39 is 0 Å². The molecule has 0 aliphatic carbocycles. The highest BCUT2D eigenvalue weighted by atomic mass is 32.1. The van der Waals surface area contributed by atoms with Crippen LogP contribution in [0.1, 0.15) is 12.5 Å². The van der Waals surface area contributed by atoms with Crippen LogP contribution in [0.5, 0.6) is 0 Å². The van der Waals surface area contributed by atoms with Crippen molar-refractivity contribution in [1.82, 2.24) is 4.57 Å². The normalized spacial score (nSPS) is 17.7. The van der Waals surface area contributed by atoms with Gasteiger partial charge in [-0.3, -0.25) is 9.36 Å². The molecule has 2 aromatic rings. The predicted molar refractivity (Wildman–Crippen MR) is 68.1 cm³/mol. The highest BCUT2D eigenvalue weighted by Gasteiger charge is 2.35. The summed E-state index contributed by atoms with van der Waals surface area (Å²) in [5.74, 6) is 0. The zero-order chi connectivity index (χ0) is 11.9. The van der Waals surface area contributed by atoms with Gasteiger partial charge in [-0.05, 0) is 17.0 Å². The van der Waals surface area contributed by atoms with E-state index >= 15 is 0 Å². The molecule has 1 aliphatic rings. The number of aromatic nitrogens is 1. The van der Waals surface area contributed by atoms with Crippen molar-refractivity contribution in [3.8, 4) is 5.69 Å². The molecule has 0 aromatic carbocycles. The van der Waals surface area contributed by atoms with Crippen molar-refractivity contribution >= 4 is 11.3 Å². The number of rotatable bonds is 2. The monoisotopic (exact) mass is 247 g/mol. The highest BCUT2D eigenvalue weighted by Crippen LogP contribution is 2.31. The molecule has 1 aliphatic heterocycles. The first-order valence-corrected chi connectivity index (χ1v) is 6.47. The van der Waals surface area contributed by atoms with Crippen LogP contribution in [0.4, 0.5) is 0 Å². The van der Waals surface area contributed by atoms with E-state index in [2.05, 4.69) is 6.92 Å². The summed E-state index contributed by atoms with van der Waals surface area (Å²) in [6.45, 7) is 3.62. The van der Waals surface area contributed by atoms with Crippen molar-refractivity contribution < 1.29 is 4.74 Å². The summed E-state index contributed by atoms with van der Waals surface area (Å²) in [4.78, 5) is 11.8. The fraction of sp³-hybridized carbons (Fsp3) is 0.308. The topological polar surface area (TPSA) is 31.2 Å². The van der Waals surface area contributed by atoms with Gasteiger partial charge in [0.1, 0.15) is 0 Å². The fourth-order valence-corrected chi connectivity index (χ4v) is 2.64. The van der Waals surface area contributed by atoms with Gasteiger partial charge >= 0.3 is 0 Å². The summed E-state index contributed by atoms with van der Waals surface area (Å²) >= 11 is 1.59. The van der Waals surface area contributed by atoms with Crippen LogP contribution in [0.15, 0.2) is 40.0 Å². The van der Waals surface area contributed by atoms with Gasteiger partial charge in [0, 0.05) is 23.1 Å². The molecule has 0 atom stereocenters. The number of ether oxygens (including phenoxy) is 1. The van der Waals surface area contributed by atoms with Gasteiger partial charge in [0.05, 0.1) is 18.9 Å². The molecule has 0 N–H and O–H groups in total. The largest absolute Gasteiger partial charge is 0.379 e. The Morgan fingerprint density at radius 2 is 2.18 bits per heavy atom. The molecule has 0 spiro atoms. The van der Waals surface area contributed by atoms with Crippen molar-refractivity contribution in [3.05, 3.63) is 51.1 Å². The Bertz CT molecular complexity index is 582. The van der Waals surface area contributed by atoms with Gasteiger partial charge in [-0.15, -0.1) is 0 Å². The minimum absolute atomic E-state index is 0.0102. The molecule has 4 heteroatoms. The first-order chi connectivity index (χ1) is 8.19. The van der Waals surface area contributed by atoms with Crippen LogP contribution >= 0.6 is 11.3 Å². The quantitative estimate of drug-likeness (QED) is 0.814. The molecule has 3 nitrogen and oxygen atoms in total. The van der Waals surface area contributed by atoms with E-state index in [4.69, 9.17) is 4.74 Å². The summed E-state index contributed by atoms with van der Waals surface area (Å²) in [7, 11) is 0. The predicted octanol–water partition coefficient (Wildman–Crippen LogP) is 2.19. The molecule has 88 valence electrons. The van der Waals surface area contributed by atoms with E-state index in [0.29, 0.717) is 0 Å². The van der Waals surface area contributed by atoms with Gasteiger partial charge in [0.25, 0.3) is 5.56 Å². The number of hydrogen-bond donors (Lipinski definition) is 0. The third-order valence-electron chi connectivity index (χ3n) is 3.23. The van der Waals surface area contributed by atoms with Crippen molar-refractivity contribution in [1.29, 1.82) is 0 Å². The summed E-state index contributed by atoms with van der Waals surface area (Å²) in [6, 6.07) is 5.50. The second kappa shape index (κ2) is 3.82. The second-order valence-corrected chi connectivity index (χ2v) is 5.44. The minimum atomic E-state index is 0.0102. The molecule has 0 amide bonds. The molecule has 3 heterocycles. The molecule has 3 rings (SSSR count). The third-order valence-corrected chi connectivity index (χ3v) is 3.90. The Balaban J connectivity index is 2.10. The van der Waals surface area contributed by atoms with Crippen LogP contribution in [-0.2, 0) is 10.2 Å². The van der Waals surface area contributed by atoms with E-state index in [0.717, 1.165) is 24.5 Å². The SMILES string of the molecule is CC1(c2ccc(=O)n(-c3ccsc3)c2)COC1. The van der Waals surface area contributed by atoms with Gasteiger partial charge < -0.3 is 4.74 Å². The van der Waals surface area contributed by atoms with Crippen LogP contribution in [0.3, 0.4) is 0 Å². The molecule has 0 radical (unpaired) electrons. The van der Waals surface area contributed by atoms with Crippen LogP contribution in [0.25, 0.3) is 5.69 Å². The van der Waals surface area contributed by atoms with Gasteiger partial charge in [-0.2, -0.15) is 11.3 Å². The van der Waals surface area contributed by atoms with Gasteiger partial charge in [0.15, 0.2) is 0 Å². The molecule has 17 heavy (non-hydrogen) atoms. The smallest absolute Gasteiger partial charge is 0.255 e. The van der Waals surface area contributed by atoms with Crippen LogP contribution in [0.2, 0.25) is 0 Å². The van der Waals surface area contributed by atoms with E-state index in [1.807, 2.05) is 29.1 Å². The highest BCUT2D eigenvalue weighted by molar-refractivity contribution is 7.08. The summed E-state index contributed by atoms with van der Waals surface area (Å²) in [5.41, 5.74) is 2.17. The molecule has 0 unspecified atom stereocenters. The molecular weight excluding hydrogens is 234 g/mol. The Hall–Kier alpha value is -1.39. The Morgan fingerprint density at radius 1 is 1.35 bits per heavy atom. The maximum absolute atomic E-state index is 11.8. The van der Waals surface area contributed by atoms with Gasteiger partial charge in [-0.25, -0.2) is 0 Å². The lowest BCUT2D eigenvalue weighted by atomic mass is 9.82. The second-order valence-electron chi connectivity index (χ2n) is 4.66. The zero-order valence-electron chi connectivity index (χ0n) is 9.55. The lowest BCUT2D eigenvalue weighted by Crippen LogP contribution is -2.44. The molecule has 1 fully saturated rings. The Labute approximate surface area is 103 Å². The average Bonchev–Trinajstić information content (AvgIpc) is 2.80. The van der Waals surface area contributed by atoms with Gasteiger partial charge in [-0.1, -0.05) is 13.0 Å².